The van der Waals surface area contributed by atoms with Crippen molar-refractivity contribution in [2.75, 3.05) is 11.9 Å². The summed E-state index contributed by atoms with van der Waals surface area (Å²) in [4.78, 5) is 7.92. The maximum Gasteiger partial charge on any atom is 0.317 e. The molecule has 1 aromatic carbocycles. The summed E-state index contributed by atoms with van der Waals surface area (Å²) in [6.07, 6.45) is 3.21. The molecule has 0 amide bonds. The second-order valence-electron chi connectivity index (χ2n) is 6.94. The van der Waals surface area contributed by atoms with Crippen LogP contribution in [0.15, 0.2) is 30.5 Å². The number of aromatic nitrogens is 4. The summed E-state index contributed by atoms with van der Waals surface area (Å²) >= 11 is 0. The highest BCUT2D eigenvalue weighted by Crippen LogP contribution is 2.28. The van der Waals surface area contributed by atoms with Gasteiger partial charge in [0.05, 0.1) is 24.3 Å². The fraction of sp³-hybridized carbons (Fsp3) is 0.421. The zero-order valence-electron chi connectivity index (χ0n) is 15.1. The normalized spacial score (nSPS) is 20.9. The lowest BCUT2D eigenvalue weighted by atomic mass is 9.93. The van der Waals surface area contributed by atoms with Gasteiger partial charge in [0, 0.05) is 11.6 Å². The van der Waals surface area contributed by atoms with Crippen molar-refractivity contribution in [2.45, 2.75) is 44.0 Å². The molecule has 7 nitrogen and oxygen atoms in total. The van der Waals surface area contributed by atoms with Crippen molar-refractivity contribution in [3.63, 3.8) is 0 Å². The zero-order valence-corrected chi connectivity index (χ0v) is 15.1. The van der Waals surface area contributed by atoms with E-state index >= 15 is 0 Å². The lowest BCUT2D eigenvalue weighted by Gasteiger charge is -2.30. The molecule has 4 rings (SSSR count). The summed E-state index contributed by atoms with van der Waals surface area (Å²) < 4.78 is 33.6. The third-order valence-electron chi connectivity index (χ3n) is 5.03. The Labute approximate surface area is 160 Å². The summed E-state index contributed by atoms with van der Waals surface area (Å²) in [6, 6.07) is 5.68. The number of rotatable bonds is 6. The first-order valence-corrected chi connectivity index (χ1v) is 9.27. The number of H-pyrrole nitrogens is 1. The predicted molar refractivity (Wildman–Crippen MR) is 99.2 cm³/mol. The van der Waals surface area contributed by atoms with E-state index in [4.69, 9.17) is 4.74 Å². The van der Waals surface area contributed by atoms with Gasteiger partial charge in [-0.3, -0.25) is 5.10 Å². The fourth-order valence-corrected chi connectivity index (χ4v) is 3.54. The van der Waals surface area contributed by atoms with E-state index in [2.05, 4.69) is 25.5 Å². The molecular formula is C19H21F2N5O2. The van der Waals surface area contributed by atoms with Gasteiger partial charge < -0.3 is 15.2 Å². The van der Waals surface area contributed by atoms with Crippen LogP contribution in [0.3, 0.4) is 0 Å². The quantitative estimate of drug-likeness (QED) is 0.596. The lowest BCUT2D eigenvalue weighted by molar-refractivity contribution is -0.00314. The Morgan fingerprint density at radius 2 is 2.00 bits per heavy atom. The van der Waals surface area contributed by atoms with E-state index < -0.39 is 12.0 Å². The molecule has 0 saturated heterocycles. The summed E-state index contributed by atoms with van der Waals surface area (Å²) in [5.74, 6) is -0.0193. The van der Waals surface area contributed by atoms with E-state index in [0.717, 1.165) is 25.7 Å². The molecule has 0 unspecified atom stereocenters. The number of aromatic hydroxyl groups is 1. The molecule has 9 heteroatoms. The molecule has 148 valence electrons. The second-order valence-corrected chi connectivity index (χ2v) is 6.94. The molecule has 1 aliphatic rings. The minimum Gasteiger partial charge on any atom is -0.479 e. The zero-order chi connectivity index (χ0) is 19.5. The van der Waals surface area contributed by atoms with E-state index in [1.807, 2.05) is 0 Å². The summed E-state index contributed by atoms with van der Waals surface area (Å²) in [5.41, 5.74) is 0.500. The number of ether oxygens (including phenoxy) is 1. The summed E-state index contributed by atoms with van der Waals surface area (Å²) in [5, 5.41) is 20.3. The third kappa shape index (κ3) is 4.04. The Hall–Kier alpha value is -2.81. The van der Waals surface area contributed by atoms with Crippen LogP contribution in [0.4, 0.5) is 14.6 Å². The number of nitrogens with one attached hydrogen (secondary N) is 2. The maximum atomic E-state index is 14.2. The van der Waals surface area contributed by atoms with E-state index in [-0.39, 0.29) is 30.3 Å². The molecule has 1 aliphatic carbocycles. The first kappa shape index (κ1) is 18.5. The Morgan fingerprint density at radius 3 is 2.79 bits per heavy atom. The van der Waals surface area contributed by atoms with Crippen LogP contribution in [0, 0.1) is 5.82 Å². The van der Waals surface area contributed by atoms with Crippen molar-refractivity contribution in [3.05, 3.63) is 41.8 Å². The third-order valence-corrected chi connectivity index (χ3v) is 5.03. The first-order chi connectivity index (χ1) is 13.6. The number of fused-ring (bicyclic) bond motifs is 1. The number of nitrogens with zero attached hydrogens (tertiary/aromatic N) is 3. The van der Waals surface area contributed by atoms with Crippen molar-refractivity contribution in [2.24, 2.45) is 0 Å². The van der Waals surface area contributed by atoms with Gasteiger partial charge in [0.15, 0.2) is 11.8 Å². The van der Waals surface area contributed by atoms with Gasteiger partial charge >= 0.3 is 6.01 Å². The molecule has 0 bridgehead atoms. The number of halogens is 2. The Bertz CT molecular complexity index is 943. The van der Waals surface area contributed by atoms with Gasteiger partial charge in [-0.05, 0) is 31.7 Å². The summed E-state index contributed by atoms with van der Waals surface area (Å²) in [7, 11) is 0. The molecule has 3 N–H and O–H groups in total. The number of benzene rings is 1. The maximum absolute atomic E-state index is 14.2. The van der Waals surface area contributed by atoms with E-state index in [0.29, 0.717) is 16.9 Å². The molecule has 0 radical (unpaired) electrons. The predicted octanol–water partition coefficient (Wildman–Crippen LogP) is 3.65. The van der Waals surface area contributed by atoms with Gasteiger partial charge in [0.1, 0.15) is 11.6 Å². The van der Waals surface area contributed by atoms with Gasteiger partial charge in [-0.15, -0.1) is 0 Å². The average Bonchev–Trinajstić information content (AvgIpc) is 3.16. The van der Waals surface area contributed by atoms with E-state index in [9.17, 15) is 13.9 Å². The minimum absolute atomic E-state index is 0.0329. The highest BCUT2D eigenvalue weighted by Gasteiger charge is 2.24. The van der Waals surface area contributed by atoms with Crippen LogP contribution in [0.25, 0.3) is 11.0 Å². The van der Waals surface area contributed by atoms with Crippen LogP contribution in [0.1, 0.15) is 37.4 Å². The van der Waals surface area contributed by atoms with Crippen molar-refractivity contribution in [3.8, 4) is 6.01 Å². The van der Waals surface area contributed by atoms with Crippen molar-refractivity contribution in [1.29, 1.82) is 0 Å². The van der Waals surface area contributed by atoms with Gasteiger partial charge in [0.25, 0.3) is 0 Å². The minimum atomic E-state index is -1.48. The van der Waals surface area contributed by atoms with E-state index in [1.54, 1.807) is 12.3 Å². The number of aromatic amines is 1. The monoisotopic (exact) mass is 389 g/mol. The topological polar surface area (TPSA) is 96.0 Å². The molecule has 1 fully saturated rings. The fourth-order valence-electron chi connectivity index (χ4n) is 3.54. The standard InChI is InChI=1S/C19H21F2N5O2/c20-15-4-2-1-3-13(15)16(21)10-28-12-7-5-11(6-8-12)23-17-14-9-22-26-18(14)25-19(27)24-17/h1-4,9,11-12,16H,5-8,10H2,(H3,22,23,24,25,26,27)/t11?,12?,16-/m0/s1. The molecule has 1 atom stereocenters. The van der Waals surface area contributed by atoms with Crippen molar-refractivity contribution in [1.82, 2.24) is 20.2 Å². The van der Waals surface area contributed by atoms with Crippen molar-refractivity contribution >= 4 is 16.9 Å². The van der Waals surface area contributed by atoms with Crippen LogP contribution in [-0.4, -0.2) is 44.0 Å². The molecule has 2 heterocycles. The van der Waals surface area contributed by atoms with Gasteiger partial charge in [-0.25, -0.2) is 8.78 Å². The lowest BCUT2D eigenvalue weighted by Crippen LogP contribution is -2.30. The number of hydrogen-bond donors (Lipinski definition) is 3. The van der Waals surface area contributed by atoms with E-state index in [1.165, 1.54) is 18.2 Å². The van der Waals surface area contributed by atoms with Crippen molar-refractivity contribution < 1.29 is 18.6 Å². The molecule has 0 aliphatic heterocycles. The molecule has 3 aromatic rings. The summed E-state index contributed by atoms with van der Waals surface area (Å²) in [6.45, 7) is -0.154. The van der Waals surface area contributed by atoms with Crippen LogP contribution in [-0.2, 0) is 4.74 Å². The number of alkyl halides is 1. The molecule has 2 aromatic heterocycles. The van der Waals surface area contributed by atoms with Crippen LogP contribution in [0.2, 0.25) is 0 Å². The Balaban J connectivity index is 1.29. The van der Waals surface area contributed by atoms with Crippen LogP contribution < -0.4 is 5.32 Å². The van der Waals surface area contributed by atoms with Crippen LogP contribution in [0.5, 0.6) is 6.01 Å². The highest BCUT2D eigenvalue weighted by atomic mass is 19.1. The molecular weight excluding hydrogens is 368 g/mol. The molecule has 28 heavy (non-hydrogen) atoms. The number of hydrogen-bond acceptors (Lipinski definition) is 6. The molecule has 1 saturated carbocycles. The number of anilines is 1. The SMILES string of the molecule is Oc1nc(NC2CCC(OC[C@H](F)c3ccccc3F)CC2)c2cn[nH]c2n1. The Kier molecular flexibility index (Phi) is 5.34. The largest absolute Gasteiger partial charge is 0.479 e. The van der Waals surface area contributed by atoms with Gasteiger partial charge in [0.2, 0.25) is 0 Å². The average molecular weight is 389 g/mol. The molecule has 0 spiro atoms. The first-order valence-electron chi connectivity index (χ1n) is 9.27. The smallest absolute Gasteiger partial charge is 0.317 e. The van der Waals surface area contributed by atoms with Gasteiger partial charge in [-0.2, -0.15) is 15.1 Å². The highest BCUT2D eigenvalue weighted by molar-refractivity contribution is 5.86. The van der Waals surface area contributed by atoms with Gasteiger partial charge in [-0.1, -0.05) is 18.2 Å². The second kappa shape index (κ2) is 8.05. The Morgan fingerprint density at radius 1 is 1.21 bits per heavy atom. The van der Waals surface area contributed by atoms with Crippen LogP contribution >= 0.6 is 0 Å².